The zero-order chi connectivity index (χ0) is 14.1. The van der Waals surface area contributed by atoms with Crippen molar-refractivity contribution in [3.8, 4) is 11.1 Å². The van der Waals surface area contributed by atoms with E-state index < -0.39 is 0 Å². The summed E-state index contributed by atoms with van der Waals surface area (Å²) in [5.41, 5.74) is 21.2. The van der Waals surface area contributed by atoms with Crippen LogP contribution in [-0.2, 0) is 0 Å². The Bertz CT molecular complexity index is 615. The minimum Gasteiger partial charge on any atom is -0.399 e. The summed E-state index contributed by atoms with van der Waals surface area (Å²) in [7, 11) is 0. The van der Waals surface area contributed by atoms with Gasteiger partial charge >= 0.3 is 0 Å². The maximum Gasteiger partial charge on any atom is 0.222 e. The highest BCUT2D eigenvalue weighted by atomic mass is 15.0. The Labute approximate surface area is 118 Å². The lowest BCUT2D eigenvalue weighted by atomic mass is 9.94. The van der Waals surface area contributed by atoms with Crippen LogP contribution >= 0.6 is 0 Å². The largest absolute Gasteiger partial charge is 0.399 e. The van der Waals surface area contributed by atoms with Crippen molar-refractivity contribution in [1.29, 1.82) is 0 Å². The van der Waals surface area contributed by atoms with E-state index in [1.54, 1.807) is 0 Å². The third-order valence-corrected chi connectivity index (χ3v) is 3.92. The Morgan fingerprint density at radius 2 is 1.55 bits per heavy atom. The lowest BCUT2D eigenvalue weighted by Gasteiger charge is -2.16. The number of hydrogen-bond donors (Lipinski definition) is 3. The van der Waals surface area contributed by atoms with Gasteiger partial charge in [-0.25, -0.2) is 4.98 Å². The average Bonchev–Trinajstić information content (AvgIpc) is 2.93. The van der Waals surface area contributed by atoms with Gasteiger partial charge in [0.05, 0.1) is 5.69 Å². The topological polar surface area (TPSA) is 104 Å². The third kappa shape index (κ3) is 2.27. The van der Waals surface area contributed by atoms with Gasteiger partial charge in [0.25, 0.3) is 0 Å². The van der Waals surface area contributed by atoms with E-state index in [2.05, 4.69) is 9.97 Å². The normalized spacial score (nSPS) is 15.6. The van der Waals surface area contributed by atoms with E-state index in [0.29, 0.717) is 11.7 Å². The molecule has 0 spiro atoms. The van der Waals surface area contributed by atoms with Crippen LogP contribution in [0.25, 0.3) is 11.1 Å². The summed E-state index contributed by atoms with van der Waals surface area (Å²) in [5, 5.41) is 0. The summed E-state index contributed by atoms with van der Waals surface area (Å²) in [6, 6.07) is 7.64. The molecule has 1 heterocycles. The van der Waals surface area contributed by atoms with Crippen LogP contribution in [-0.4, -0.2) is 9.97 Å². The molecule has 1 aromatic carbocycles. The maximum atomic E-state index is 6.10. The van der Waals surface area contributed by atoms with E-state index in [1.165, 1.54) is 12.8 Å². The summed E-state index contributed by atoms with van der Waals surface area (Å²) in [6.07, 6.45) is 4.74. The van der Waals surface area contributed by atoms with Crippen LogP contribution in [0, 0.1) is 0 Å². The molecule has 2 aromatic rings. The second-order valence-corrected chi connectivity index (χ2v) is 5.33. The molecule has 1 fully saturated rings. The Balaban J connectivity index is 2.14. The van der Waals surface area contributed by atoms with E-state index in [9.17, 15) is 0 Å². The van der Waals surface area contributed by atoms with Crippen LogP contribution in [0.15, 0.2) is 24.3 Å². The van der Waals surface area contributed by atoms with Crippen LogP contribution in [0.4, 0.5) is 17.5 Å². The van der Waals surface area contributed by atoms with E-state index in [1.807, 2.05) is 24.3 Å². The van der Waals surface area contributed by atoms with Gasteiger partial charge in [-0.2, -0.15) is 4.98 Å². The highest BCUT2D eigenvalue weighted by molar-refractivity contribution is 5.78. The van der Waals surface area contributed by atoms with Crippen molar-refractivity contribution in [3.05, 3.63) is 30.0 Å². The van der Waals surface area contributed by atoms with Gasteiger partial charge in [-0.1, -0.05) is 25.0 Å². The summed E-state index contributed by atoms with van der Waals surface area (Å²) in [4.78, 5) is 8.59. The zero-order valence-corrected chi connectivity index (χ0v) is 11.3. The molecule has 0 saturated heterocycles. The van der Waals surface area contributed by atoms with Crippen LogP contribution < -0.4 is 17.2 Å². The summed E-state index contributed by atoms with van der Waals surface area (Å²) >= 11 is 0. The van der Waals surface area contributed by atoms with Gasteiger partial charge in [0.15, 0.2) is 0 Å². The molecule has 5 heteroatoms. The second kappa shape index (κ2) is 5.00. The minimum absolute atomic E-state index is 0.253. The fourth-order valence-corrected chi connectivity index (χ4v) is 2.96. The smallest absolute Gasteiger partial charge is 0.222 e. The quantitative estimate of drug-likeness (QED) is 0.727. The molecule has 0 bridgehead atoms. The van der Waals surface area contributed by atoms with Gasteiger partial charge in [0, 0.05) is 17.2 Å². The van der Waals surface area contributed by atoms with Gasteiger partial charge in [-0.05, 0) is 30.5 Å². The fourth-order valence-electron chi connectivity index (χ4n) is 2.96. The Hall–Kier alpha value is -2.30. The molecule has 1 aromatic heterocycles. The van der Waals surface area contributed by atoms with Crippen LogP contribution in [0.3, 0.4) is 0 Å². The van der Waals surface area contributed by atoms with Crippen molar-refractivity contribution >= 4 is 17.5 Å². The third-order valence-electron chi connectivity index (χ3n) is 3.92. The molecule has 6 N–H and O–H groups in total. The first kappa shape index (κ1) is 12.7. The lowest BCUT2D eigenvalue weighted by Crippen LogP contribution is -2.09. The molecule has 3 rings (SSSR count). The molecule has 0 aliphatic heterocycles. The van der Waals surface area contributed by atoms with Gasteiger partial charge < -0.3 is 17.2 Å². The van der Waals surface area contributed by atoms with Crippen LogP contribution in [0.5, 0.6) is 0 Å². The zero-order valence-electron chi connectivity index (χ0n) is 11.3. The van der Waals surface area contributed by atoms with E-state index in [-0.39, 0.29) is 5.95 Å². The molecule has 0 amide bonds. The standard InChI is InChI=1S/C15H19N5/c16-11-7-5-9(6-8-11)12-13(10-3-1-2-4-10)19-15(18)20-14(12)17/h5-8,10H,1-4,16H2,(H4,17,18,19,20). The highest BCUT2D eigenvalue weighted by Crippen LogP contribution is 2.40. The van der Waals surface area contributed by atoms with Crippen molar-refractivity contribution in [3.63, 3.8) is 0 Å². The van der Waals surface area contributed by atoms with E-state index >= 15 is 0 Å². The number of nitrogen functional groups attached to an aromatic ring is 3. The number of benzene rings is 1. The number of anilines is 3. The first-order valence-electron chi connectivity index (χ1n) is 6.94. The average molecular weight is 269 g/mol. The molecule has 0 radical (unpaired) electrons. The second-order valence-electron chi connectivity index (χ2n) is 5.33. The molecule has 1 aliphatic carbocycles. The summed E-state index contributed by atoms with van der Waals surface area (Å²) in [5.74, 6) is 1.13. The van der Waals surface area contributed by atoms with Gasteiger partial charge in [0.2, 0.25) is 5.95 Å². The monoisotopic (exact) mass is 269 g/mol. The maximum absolute atomic E-state index is 6.10. The summed E-state index contributed by atoms with van der Waals surface area (Å²) in [6.45, 7) is 0. The van der Waals surface area contributed by atoms with Gasteiger partial charge in [-0.3, -0.25) is 0 Å². The number of hydrogen-bond acceptors (Lipinski definition) is 5. The molecule has 1 saturated carbocycles. The number of aromatic nitrogens is 2. The van der Waals surface area contributed by atoms with Crippen LogP contribution in [0.2, 0.25) is 0 Å². The fraction of sp³-hybridized carbons (Fsp3) is 0.333. The van der Waals surface area contributed by atoms with E-state index in [4.69, 9.17) is 17.2 Å². The SMILES string of the molecule is Nc1ccc(-c2c(N)nc(N)nc2C2CCCC2)cc1. The molecular weight excluding hydrogens is 250 g/mol. The van der Waals surface area contributed by atoms with Gasteiger partial charge in [-0.15, -0.1) is 0 Å². The highest BCUT2D eigenvalue weighted by Gasteiger charge is 2.24. The summed E-state index contributed by atoms with van der Waals surface area (Å²) < 4.78 is 0. The number of nitrogens with zero attached hydrogens (tertiary/aromatic N) is 2. The minimum atomic E-state index is 0.253. The first-order chi connectivity index (χ1) is 9.65. The lowest BCUT2D eigenvalue weighted by molar-refractivity contribution is 0.698. The Kier molecular flexibility index (Phi) is 3.18. The molecule has 20 heavy (non-hydrogen) atoms. The molecule has 104 valence electrons. The van der Waals surface area contributed by atoms with E-state index in [0.717, 1.165) is 35.3 Å². The van der Waals surface area contributed by atoms with Crippen molar-refractivity contribution in [1.82, 2.24) is 9.97 Å². The van der Waals surface area contributed by atoms with Crippen LogP contribution in [0.1, 0.15) is 37.3 Å². The first-order valence-corrected chi connectivity index (χ1v) is 6.94. The van der Waals surface area contributed by atoms with Crippen molar-refractivity contribution < 1.29 is 0 Å². The van der Waals surface area contributed by atoms with Crippen molar-refractivity contribution in [2.24, 2.45) is 0 Å². The molecule has 5 nitrogen and oxygen atoms in total. The van der Waals surface area contributed by atoms with Crippen molar-refractivity contribution in [2.45, 2.75) is 31.6 Å². The molecule has 1 aliphatic rings. The molecule has 0 atom stereocenters. The predicted octanol–water partition coefficient (Wildman–Crippen LogP) is 2.55. The molecule has 0 unspecified atom stereocenters. The Morgan fingerprint density at radius 1 is 0.900 bits per heavy atom. The van der Waals surface area contributed by atoms with Crippen molar-refractivity contribution in [2.75, 3.05) is 17.2 Å². The predicted molar refractivity (Wildman–Crippen MR) is 81.9 cm³/mol. The molecular formula is C15H19N5. The number of nitrogens with two attached hydrogens (primary N) is 3. The van der Waals surface area contributed by atoms with Gasteiger partial charge in [0.1, 0.15) is 5.82 Å². The Morgan fingerprint density at radius 3 is 2.20 bits per heavy atom. The number of rotatable bonds is 2.